The van der Waals surface area contributed by atoms with Crippen LogP contribution in [0.3, 0.4) is 0 Å². The van der Waals surface area contributed by atoms with Gasteiger partial charge in [-0.3, -0.25) is 0 Å². The maximum Gasteiger partial charge on any atom is 0.418 e. The van der Waals surface area contributed by atoms with E-state index in [1.807, 2.05) is 20.8 Å². The number of anilines is 1. The summed E-state index contributed by atoms with van der Waals surface area (Å²) >= 11 is 4.30. The Balaban J connectivity index is 2.99. The fourth-order valence-electron chi connectivity index (χ4n) is 1.05. The molecule has 1 rings (SSSR count). The van der Waals surface area contributed by atoms with Crippen molar-refractivity contribution < 1.29 is 13.2 Å². The highest BCUT2D eigenvalue weighted by Gasteiger charge is 2.34. The van der Waals surface area contributed by atoms with E-state index in [1.54, 1.807) is 6.07 Å². The van der Waals surface area contributed by atoms with Crippen LogP contribution in [0.25, 0.3) is 0 Å². The molecular weight excluding hydrogens is 315 g/mol. The molecule has 0 saturated heterocycles. The summed E-state index contributed by atoms with van der Waals surface area (Å²) in [6, 6.07) is 4.08. The van der Waals surface area contributed by atoms with Gasteiger partial charge in [-0.25, -0.2) is 0 Å². The second-order valence-corrected chi connectivity index (χ2v) is 7.05. The molecular formula is C11H13BrF3NS. The van der Waals surface area contributed by atoms with Gasteiger partial charge in [0, 0.05) is 9.22 Å². The minimum atomic E-state index is -4.36. The van der Waals surface area contributed by atoms with Gasteiger partial charge >= 0.3 is 6.18 Å². The number of benzene rings is 1. The Morgan fingerprint density at radius 2 is 1.76 bits per heavy atom. The summed E-state index contributed by atoms with van der Waals surface area (Å²) in [5, 5.41) is 0. The predicted octanol–water partition coefficient (Wildman–Crippen LogP) is 5.33. The van der Waals surface area contributed by atoms with Gasteiger partial charge in [-0.1, -0.05) is 15.9 Å². The third kappa shape index (κ3) is 4.79. The van der Waals surface area contributed by atoms with Crippen molar-refractivity contribution in [2.45, 2.75) is 31.7 Å². The second-order valence-electron chi connectivity index (χ2n) is 4.50. The van der Waals surface area contributed by atoms with Crippen LogP contribution in [0.4, 0.5) is 18.9 Å². The molecule has 1 nitrogen and oxygen atoms in total. The van der Waals surface area contributed by atoms with E-state index in [0.717, 1.165) is 6.07 Å². The molecule has 0 atom stereocenters. The summed E-state index contributed by atoms with van der Waals surface area (Å²) in [7, 11) is 0. The Morgan fingerprint density at radius 1 is 1.18 bits per heavy atom. The van der Waals surface area contributed by atoms with Crippen LogP contribution in [-0.4, -0.2) is 4.75 Å². The van der Waals surface area contributed by atoms with Crippen molar-refractivity contribution in [1.82, 2.24) is 0 Å². The Kier molecular flexibility index (Phi) is 4.41. The predicted molar refractivity (Wildman–Crippen MR) is 70.1 cm³/mol. The van der Waals surface area contributed by atoms with Gasteiger partial charge in [0.2, 0.25) is 0 Å². The Bertz CT molecular complexity index is 399. The lowest BCUT2D eigenvalue weighted by atomic mass is 10.2. The zero-order chi connectivity index (χ0) is 13.3. The molecule has 17 heavy (non-hydrogen) atoms. The van der Waals surface area contributed by atoms with Crippen molar-refractivity contribution in [2.75, 3.05) is 4.72 Å². The normalized spacial score (nSPS) is 12.6. The highest BCUT2D eigenvalue weighted by molar-refractivity contribution is 9.10. The smallest absolute Gasteiger partial charge is 0.329 e. The Hall–Kier alpha value is -0.360. The lowest BCUT2D eigenvalue weighted by Crippen LogP contribution is -2.13. The van der Waals surface area contributed by atoms with Crippen molar-refractivity contribution >= 4 is 33.6 Å². The molecule has 0 radical (unpaired) electrons. The lowest BCUT2D eigenvalue weighted by Gasteiger charge is -2.20. The van der Waals surface area contributed by atoms with Crippen LogP contribution in [0.15, 0.2) is 22.7 Å². The second kappa shape index (κ2) is 5.10. The van der Waals surface area contributed by atoms with Crippen molar-refractivity contribution in [3.05, 3.63) is 28.2 Å². The van der Waals surface area contributed by atoms with E-state index in [2.05, 4.69) is 20.7 Å². The van der Waals surface area contributed by atoms with Crippen molar-refractivity contribution in [2.24, 2.45) is 0 Å². The molecule has 0 aromatic heterocycles. The number of hydrogen-bond acceptors (Lipinski definition) is 2. The quantitative estimate of drug-likeness (QED) is 0.737. The SMILES string of the molecule is CC(C)(C)SNc1ccc(Br)cc1C(F)(F)F. The molecule has 0 aliphatic heterocycles. The topological polar surface area (TPSA) is 12.0 Å². The molecule has 1 N–H and O–H groups in total. The summed E-state index contributed by atoms with van der Waals surface area (Å²) in [4.78, 5) is 0. The Morgan fingerprint density at radius 3 is 2.24 bits per heavy atom. The molecule has 0 heterocycles. The zero-order valence-electron chi connectivity index (χ0n) is 9.65. The van der Waals surface area contributed by atoms with Crippen LogP contribution in [0, 0.1) is 0 Å². The first-order valence-corrected chi connectivity index (χ1v) is 6.51. The van der Waals surface area contributed by atoms with Crippen LogP contribution in [0.1, 0.15) is 26.3 Å². The van der Waals surface area contributed by atoms with E-state index >= 15 is 0 Å². The first-order valence-electron chi connectivity index (χ1n) is 4.90. The minimum Gasteiger partial charge on any atom is -0.329 e. The van der Waals surface area contributed by atoms with E-state index in [1.165, 1.54) is 18.0 Å². The molecule has 0 fully saturated rings. The molecule has 0 aliphatic carbocycles. The summed E-state index contributed by atoms with van der Waals surface area (Å²) < 4.78 is 41.4. The van der Waals surface area contributed by atoms with Crippen LogP contribution in [-0.2, 0) is 6.18 Å². The van der Waals surface area contributed by atoms with Gasteiger partial charge in [-0.2, -0.15) is 13.2 Å². The number of halogens is 4. The molecule has 6 heteroatoms. The first-order chi connectivity index (χ1) is 7.59. The van der Waals surface area contributed by atoms with Gasteiger partial charge in [0.1, 0.15) is 0 Å². The van der Waals surface area contributed by atoms with Crippen LogP contribution in [0.2, 0.25) is 0 Å². The van der Waals surface area contributed by atoms with Gasteiger partial charge in [0.25, 0.3) is 0 Å². The number of alkyl halides is 3. The third-order valence-electron chi connectivity index (χ3n) is 1.75. The molecule has 0 bridgehead atoms. The van der Waals surface area contributed by atoms with E-state index in [9.17, 15) is 13.2 Å². The van der Waals surface area contributed by atoms with Crippen molar-refractivity contribution in [3.63, 3.8) is 0 Å². The minimum absolute atomic E-state index is 0.0839. The summed E-state index contributed by atoms with van der Waals surface area (Å²) in [6.45, 7) is 5.78. The molecule has 0 aliphatic rings. The molecule has 0 saturated carbocycles. The fourth-order valence-corrected chi connectivity index (χ4v) is 2.00. The molecule has 0 amide bonds. The largest absolute Gasteiger partial charge is 0.418 e. The van der Waals surface area contributed by atoms with Crippen LogP contribution >= 0.6 is 27.9 Å². The average Bonchev–Trinajstić information content (AvgIpc) is 2.13. The van der Waals surface area contributed by atoms with E-state index < -0.39 is 11.7 Å². The van der Waals surface area contributed by atoms with E-state index in [-0.39, 0.29) is 10.4 Å². The molecule has 0 spiro atoms. The maximum atomic E-state index is 12.8. The van der Waals surface area contributed by atoms with E-state index in [4.69, 9.17) is 0 Å². The highest BCUT2D eigenvalue weighted by atomic mass is 79.9. The molecule has 1 aromatic rings. The zero-order valence-corrected chi connectivity index (χ0v) is 12.1. The lowest BCUT2D eigenvalue weighted by molar-refractivity contribution is -0.136. The van der Waals surface area contributed by atoms with Gasteiger partial charge in [0.15, 0.2) is 0 Å². The molecule has 0 unspecified atom stereocenters. The summed E-state index contributed by atoms with van der Waals surface area (Å²) in [5.74, 6) is 0. The van der Waals surface area contributed by atoms with Crippen molar-refractivity contribution in [1.29, 1.82) is 0 Å². The average molecular weight is 328 g/mol. The monoisotopic (exact) mass is 327 g/mol. The van der Waals surface area contributed by atoms with Gasteiger partial charge in [0.05, 0.1) is 11.3 Å². The summed E-state index contributed by atoms with van der Waals surface area (Å²) in [6.07, 6.45) is -4.36. The fraction of sp³-hybridized carbons (Fsp3) is 0.455. The first kappa shape index (κ1) is 14.7. The number of nitrogens with one attached hydrogen (secondary N) is 1. The van der Waals surface area contributed by atoms with Crippen LogP contribution < -0.4 is 4.72 Å². The number of rotatable bonds is 2. The number of hydrogen-bond donors (Lipinski definition) is 1. The maximum absolute atomic E-state index is 12.8. The van der Waals surface area contributed by atoms with Crippen LogP contribution in [0.5, 0.6) is 0 Å². The van der Waals surface area contributed by atoms with Gasteiger partial charge in [-0.15, -0.1) is 0 Å². The van der Waals surface area contributed by atoms with Crippen molar-refractivity contribution in [3.8, 4) is 0 Å². The highest BCUT2D eigenvalue weighted by Crippen LogP contribution is 2.38. The molecule has 96 valence electrons. The third-order valence-corrected chi connectivity index (χ3v) is 3.18. The Labute approximate surface area is 111 Å². The standard InChI is InChI=1S/C11H13BrF3NS/c1-10(2,3)17-16-9-5-4-7(12)6-8(9)11(13,14)15/h4-6,16H,1-3H3. The van der Waals surface area contributed by atoms with Gasteiger partial charge < -0.3 is 4.72 Å². The summed E-state index contributed by atoms with van der Waals surface area (Å²) in [5.41, 5.74) is -0.579. The van der Waals surface area contributed by atoms with E-state index in [0.29, 0.717) is 4.47 Å². The molecule has 1 aromatic carbocycles. The van der Waals surface area contributed by atoms with Gasteiger partial charge in [-0.05, 0) is 50.9 Å².